The molecule has 6 aliphatic rings. The van der Waals surface area contributed by atoms with E-state index in [1.807, 2.05) is 0 Å². The number of amides is 1. The maximum atomic E-state index is 14.7. The smallest absolute Gasteiger partial charge is 0.302 e. The number of carbonyl (C=O) groups is 3. The Morgan fingerprint density at radius 2 is 1.49 bits per heavy atom. The molecular formula is C38H59NO4. The molecule has 5 fully saturated rings. The lowest BCUT2D eigenvalue weighted by Gasteiger charge is -2.70. The van der Waals surface area contributed by atoms with E-state index in [0.717, 1.165) is 77.3 Å². The van der Waals surface area contributed by atoms with Gasteiger partial charge in [-0.25, -0.2) is 0 Å². The number of allylic oxidation sites excluding steroid dienone is 2. The van der Waals surface area contributed by atoms with Crippen LogP contribution in [-0.2, 0) is 19.1 Å². The number of ether oxygens (including phenoxy) is 1. The highest BCUT2D eigenvalue weighted by atomic mass is 16.5. The Bertz CT molecular complexity index is 1210. The van der Waals surface area contributed by atoms with Crippen molar-refractivity contribution in [2.45, 2.75) is 145 Å². The van der Waals surface area contributed by atoms with Crippen LogP contribution in [0.25, 0.3) is 0 Å². The van der Waals surface area contributed by atoms with Crippen molar-refractivity contribution in [3.05, 3.63) is 11.6 Å². The normalized spacial score (nSPS) is 47.6. The van der Waals surface area contributed by atoms with E-state index in [1.54, 1.807) is 0 Å². The second kappa shape index (κ2) is 10.2. The molecular weight excluding hydrogens is 534 g/mol. The van der Waals surface area contributed by atoms with E-state index in [9.17, 15) is 14.4 Å². The monoisotopic (exact) mass is 593 g/mol. The SMILES string of the molecule is CC(=O)O[C@@H]1CC[C@]2(C)[C@H](CC[C@]3(C)[C@@H]2C(=O)C=C2[C@H]4C[C@@](C)(C(=O)N5CCCCCC5)CC[C@]4(C)CC[C@@]23C)C1(C)C. The van der Waals surface area contributed by atoms with Crippen molar-refractivity contribution in [3.8, 4) is 0 Å². The molecule has 0 spiro atoms. The predicted octanol–water partition coefficient (Wildman–Crippen LogP) is 8.30. The molecule has 1 aliphatic heterocycles. The third-order valence-electron chi connectivity index (χ3n) is 15.2. The summed E-state index contributed by atoms with van der Waals surface area (Å²) in [4.78, 5) is 43.0. The van der Waals surface area contributed by atoms with Gasteiger partial charge in [0.25, 0.3) is 0 Å². The molecule has 1 saturated heterocycles. The summed E-state index contributed by atoms with van der Waals surface area (Å²) in [5.74, 6) is 1.09. The van der Waals surface area contributed by atoms with Crippen LogP contribution < -0.4 is 0 Å². The van der Waals surface area contributed by atoms with Gasteiger partial charge >= 0.3 is 5.97 Å². The van der Waals surface area contributed by atoms with E-state index < -0.39 is 0 Å². The van der Waals surface area contributed by atoms with Crippen LogP contribution in [0.5, 0.6) is 0 Å². The molecule has 5 heteroatoms. The van der Waals surface area contributed by atoms with Crippen LogP contribution in [0.4, 0.5) is 0 Å². The van der Waals surface area contributed by atoms with Crippen molar-refractivity contribution in [3.63, 3.8) is 0 Å². The molecule has 6 rings (SSSR count). The molecule has 0 radical (unpaired) electrons. The molecule has 1 heterocycles. The number of ketones is 1. The lowest BCUT2D eigenvalue weighted by molar-refractivity contribution is -0.210. The van der Waals surface area contributed by atoms with E-state index >= 15 is 0 Å². The van der Waals surface area contributed by atoms with Gasteiger partial charge < -0.3 is 9.64 Å². The lowest BCUT2D eigenvalue weighted by atomic mass is 9.33. The van der Waals surface area contributed by atoms with Gasteiger partial charge in [0.15, 0.2) is 5.78 Å². The van der Waals surface area contributed by atoms with Gasteiger partial charge in [-0.05, 0) is 110 Å². The first-order valence-corrected chi connectivity index (χ1v) is 17.7. The molecule has 0 aromatic heterocycles. The zero-order valence-corrected chi connectivity index (χ0v) is 28.6. The number of fused-ring (bicyclic) bond motifs is 7. The van der Waals surface area contributed by atoms with Crippen LogP contribution in [-0.4, -0.2) is 41.8 Å². The van der Waals surface area contributed by atoms with E-state index in [1.165, 1.54) is 31.8 Å². The van der Waals surface area contributed by atoms with Gasteiger partial charge in [-0.3, -0.25) is 14.4 Å². The summed E-state index contributed by atoms with van der Waals surface area (Å²) in [6, 6.07) is 0. The Morgan fingerprint density at radius 1 is 0.837 bits per heavy atom. The number of nitrogens with zero attached hydrogens (tertiary/aromatic N) is 1. The number of hydrogen-bond acceptors (Lipinski definition) is 4. The zero-order chi connectivity index (χ0) is 31.2. The minimum Gasteiger partial charge on any atom is -0.462 e. The maximum Gasteiger partial charge on any atom is 0.302 e. The van der Waals surface area contributed by atoms with Crippen molar-refractivity contribution in [1.29, 1.82) is 0 Å². The van der Waals surface area contributed by atoms with E-state index in [4.69, 9.17) is 4.74 Å². The first kappa shape index (κ1) is 31.3. The average molecular weight is 594 g/mol. The fourth-order valence-electron chi connectivity index (χ4n) is 12.4. The summed E-state index contributed by atoms with van der Waals surface area (Å²) in [5, 5.41) is 0. The van der Waals surface area contributed by atoms with Gasteiger partial charge in [-0.1, -0.05) is 66.9 Å². The summed E-state index contributed by atoms with van der Waals surface area (Å²) in [6.45, 7) is 20.0. The van der Waals surface area contributed by atoms with Gasteiger partial charge in [0.1, 0.15) is 6.10 Å². The second-order valence-corrected chi connectivity index (χ2v) is 17.9. The van der Waals surface area contributed by atoms with Crippen molar-refractivity contribution in [1.82, 2.24) is 4.90 Å². The number of rotatable bonds is 2. The Labute approximate surface area is 261 Å². The summed E-state index contributed by atoms with van der Waals surface area (Å²) >= 11 is 0. The first-order valence-electron chi connectivity index (χ1n) is 17.7. The molecule has 5 aliphatic carbocycles. The fraction of sp³-hybridized carbons (Fsp3) is 0.868. The Balaban J connectivity index is 1.36. The van der Waals surface area contributed by atoms with E-state index in [2.05, 4.69) is 59.4 Å². The molecule has 9 atom stereocenters. The Morgan fingerprint density at radius 3 is 2.14 bits per heavy atom. The Hall–Kier alpha value is -1.65. The topological polar surface area (TPSA) is 63.7 Å². The Kier molecular flexibility index (Phi) is 7.42. The fourth-order valence-corrected chi connectivity index (χ4v) is 12.4. The minimum atomic E-state index is -0.350. The summed E-state index contributed by atoms with van der Waals surface area (Å²) in [5.41, 5.74) is 0.720. The molecule has 240 valence electrons. The summed E-state index contributed by atoms with van der Waals surface area (Å²) in [7, 11) is 0. The third kappa shape index (κ3) is 4.46. The quantitative estimate of drug-likeness (QED) is 0.302. The third-order valence-corrected chi connectivity index (χ3v) is 15.2. The summed E-state index contributed by atoms with van der Waals surface area (Å²) < 4.78 is 5.89. The molecule has 4 saturated carbocycles. The zero-order valence-electron chi connectivity index (χ0n) is 28.6. The average Bonchev–Trinajstić information content (AvgIpc) is 3.21. The van der Waals surface area contributed by atoms with Crippen LogP contribution in [0.1, 0.15) is 139 Å². The number of hydrogen-bond donors (Lipinski definition) is 0. The molecule has 0 aromatic carbocycles. The molecule has 0 bridgehead atoms. The van der Waals surface area contributed by atoms with Gasteiger partial charge in [0.2, 0.25) is 5.91 Å². The number of likely N-dealkylation sites (tertiary alicyclic amines) is 1. The molecule has 43 heavy (non-hydrogen) atoms. The van der Waals surface area contributed by atoms with Gasteiger partial charge in [-0.15, -0.1) is 0 Å². The molecule has 5 nitrogen and oxygen atoms in total. The minimum absolute atomic E-state index is 0.0249. The summed E-state index contributed by atoms with van der Waals surface area (Å²) in [6.07, 6.45) is 15.8. The standard InChI is InChI=1S/C38H59NO4/c1-25(40)43-30-14-15-36(6)29(33(30,2)3)13-16-38(8)31(36)28(41)23-26-27-24-35(5,32(42)39-21-11-9-10-12-22-39)18-17-34(27,4)19-20-37(26,38)7/h23,27,29-31H,9-22,24H2,1-8H3/t27-,29-,30-,31-,34-,35+,36-,37+,38-/m1/s1. The second-order valence-electron chi connectivity index (χ2n) is 17.9. The molecule has 0 aromatic rings. The van der Waals surface area contributed by atoms with Crippen LogP contribution in [0, 0.1) is 50.2 Å². The van der Waals surface area contributed by atoms with Crippen molar-refractivity contribution in [2.75, 3.05) is 13.1 Å². The number of esters is 1. The molecule has 0 unspecified atom stereocenters. The first-order chi connectivity index (χ1) is 20.0. The van der Waals surface area contributed by atoms with Crippen LogP contribution in [0.15, 0.2) is 11.6 Å². The van der Waals surface area contributed by atoms with Crippen molar-refractivity contribution < 1.29 is 19.1 Å². The van der Waals surface area contributed by atoms with E-state index in [-0.39, 0.29) is 56.4 Å². The maximum absolute atomic E-state index is 14.7. The van der Waals surface area contributed by atoms with Crippen molar-refractivity contribution in [2.24, 2.45) is 50.2 Å². The predicted molar refractivity (Wildman–Crippen MR) is 170 cm³/mol. The molecule has 1 amide bonds. The highest BCUT2D eigenvalue weighted by molar-refractivity contribution is 5.95. The number of carbonyl (C=O) groups excluding carboxylic acids is 3. The lowest BCUT2D eigenvalue weighted by Crippen LogP contribution is -2.66. The highest BCUT2D eigenvalue weighted by Crippen LogP contribution is 2.75. The van der Waals surface area contributed by atoms with E-state index in [0.29, 0.717) is 17.6 Å². The van der Waals surface area contributed by atoms with Gasteiger partial charge in [0, 0.05) is 36.8 Å². The van der Waals surface area contributed by atoms with Gasteiger partial charge in [-0.2, -0.15) is 0 Å². The van der Waals surface area contributed by atoms with Crippen LogP contribution in [0.3, 0.4) is 0 Å². The van der Waals surface area contributed by atoms with Crippen LogP contribution >= 0.6 is 0 Å². The van der Waals surface area contributed by atoms with Gasteiger partial charge in [0.05, 0.1) is 0 Å². The van der Waals surface area contributed by atoms with Crippen molar-refractivity contribution >= 4 is 17.7 Å². The highest BCUT2D eigenvalue weighted by Gasteiger charge is 2.70. The largest absolute Gasteiger partial charge is 0.462 e. The molecule has 0 N–H and O–H groups in total. The van der Waals surface area contributed by atoms with Crippen LogP contribution in [0.2, 0.25) is 0 Å².